The minimum absolute atomic E-state index is 0.364. The number of aromatic nitrogens is 1. The van der Waals surface area contributed by atoms with E-state index in [1.807, 2.05) is 18.5 Å². The van der Waals surface area contributed by atoms with Gasteiger partial charge in [0.1, 0.15) is 0 Å². The van der Waals surface area contributed by atoms with Gasteiger partial charge in [-0.05, 0) is 30.4 Å². The molecule has 0 aliphatic heterocycles. The second kappa shape index (κ2) is 8.76. The van der Waals surface area contributed by atoms with E-state index < -0.39 is 0 Å². The smallest absolute Gasteiger partial charge is 0.188 e. The number of hydrogen-bond acceptors (Lipinski definition) is 2. The lowest BCUT2D eigenvalue weighted by Crippen LogP contribution is -2.40. The third kappa shape index (κ3) is 5.32. The summed E-state index contributed by atoms with van der Waals surface area (Å²) in [5.41, 5.74) is 7.34. The van der Waals surface area contributed by atoms with E-state index in [4.69, 9.17) is 5.73 Å². The second-order valence-corrected chi connectivity index (χ2v) is 6.70. The normalized spacial score (nSPS) is 19.0. The number of pyridine rings is 1. The maximum absolute atomic E-state index is 6.11. The molecular weight excluding hydrogens is 272 g/mol. The van der Waals surface area contributed by atoms with Crippen molar-refractivity contribution >= 4 is 5.96 Å². The van der Waals surface area contributed by atoms with E-state index in [1.54, 1.807) is 0 Å². The van der Waals surface area contributed by atoms with Crippen LogP contribution in [0.4, 0.5) is 0 Å². The third-order valence-electron chi connectivity index (χ3n) is 4.58. The van der Waals surface area contributed by atoms with Gasteiger partial charge in [0.25, 0.3) is 0 Å². The highest BCUT2D eigenvalue weighted by atomic mass is 15.1. The molecule has 1 fully saturated rings. The van der Waals surface area contributed by atoms with Crippen molar-refractivity contribution < 1.29 is 0 Å². The second-order valence-electron chi connectivity index (χ2n) is 6.70. The molecule has 1 atom stereocenters. The fourth-order valence-electron chi connectivity index (χ4n) is 3.17. The SMILES string of the molecule is CC(C)C(CN=C(N)NC1CCCCCC1)c1cccnc1. The Morgan fingerprint density at radius 1 is 1.32 bits per heavy atom. The Bertz CT molecular complexity index is 447. The Morgan fingerprint density at radius 2 is 2.05 bits per heavy atom. The zero-order valence-corrected chi connectivity index (χ0v) is 14.0. The highest BCUT2D eigenvalue weighted by Gasteiger charge is 2.16. The predicted molar refractivity (Wildman–Crippen MR) is 92.9 cm³/mol. The van der Waals surface area contributed by atoms with Crippen molar-refractivity contribution in [3.05, 3.63) is 30.1 Å². The topological polar surface area (TPSA) is 63.3 Å². The van der Waals surface area contributed by atoms with Gasteiger partial charge in [0, 0.05) is 30.9 Å². The van der Waals surface area contributed by atoms with E-state index in [0.29, 0.717) is 23.8 Å². The average molecular weight is 302 g/mol. The molecule has 0 spiro atoms. The highest BCUT2D eigenvalue weighted by molar-refractivity contribution is 5.78. The van der Waals surface area contributed by atoms with Crippen molar-refractivity contribution in [1.29, 1.82) is 0 Å². The van der Waals surface area contributed by atoms with Crippen LogP contribution in [0.3, 0.4) is 0 Å². The van der Waals surface area contributed by atoms with Gasteiger partial charge in [-0.2, -0.15) is 0 Å². The largest absolute Gasteiger partial charge is 0.370 e. The Balaban J connectivity index is 1.92. The Hall–Kier alpha value is -1.58. The monoisotopic (exact) mass is 302 g/mol. The molecule has 4 heteroatoms. The van der Waals surface area contributed by atoms with Gasteiger partial charge in [0.15, 0.2) is 5.96 Å². The molecule has 0 aromatic carbocycles. The molecule has 1 aliphatic rings. The molecule has 1 aliphatic carbocycles. The molecule has 0 amide bonds. The molecular formula is C18H30N4. The molecule has 1 unspecified atom stereocenters. The summed E-state index contributed by atoms with van der Waals surface area (Å²) < 4.78 is 0. The summed E-state index contributed by atoms with van der Waals surface area (Å²) in [7, 11) is 0. The van der Waals surface area contributed by atoms with Crippen LogP contribution >= 0.6 is 0 Å². The Labute approximate surface area is 134 Å². The van der Waals surface area contributed by atoms with E-state index in [1.165, 1.54) is 44.1 Å². The lowest BCUT2D eigenvalue weighted by molar-refractivity contribution is 0.500. The van der Waals surface area contributed by atoms with E-state index in [0.717, 1.165) is 6.54 Å². The number of nitrogens with zero attached hydrogens (tertiary/aromatic N) is 2. The van der Waals surface area contributed by atoms with Gasteiger partial charge in [-0.1, -0.05) is 45.6 Å². The molecule has 1 aromatic heterocycles. The molecule has 22 heavy (non-hydrogen) atoms. The van der Waals surface area contributed by atoms with E-state index in [9.17, 15) is 0 Å². The Morgan fingerprint density at radius 3 is 2.64 bits per heavy atom. The molecule has 1 aromatic rings. The van der Waals surface area contributed by atoms with Crippen molar-refractivity contribution in [2.45, 2.75) is 64.3 Å². The standard InChI is InChI=1S/C18H30N4/c1-14(2)17(15-8-7-11-20-12-15)13-21-18(19)22-16-9-5-3-4-6-10-16/h7-8,11-12,14,16-17H,3-6,9-10,13H2,1-2H3,(H3,19,21,22). The van der Waals surface area contributed by atoms with Gasteiger partial charge in [0.05, 0.1) is 0 Å². The molecule has 3 N–H and O–H groups in total. The highest BCUT2D eigenvalue weighted by Crippen LogP contribution is 2.24. The first-order valence-electron chi connectivity index (χ1n) is 8.63. The van der Waals surface area contributed by atoms with Gasteiger partial charge in [-0.25, -0.2) is 0 Å². The number of guanidine groups is 1. The fourth-order valence-corrected chi connectivity index (χ4v) is 3.17. The van der Waals surface area contributed by atoms with Gasteiger partial charge < -0.3 is 11.1 Å². The minimum Gasteiger partial charge on any atom is -0.370 e. The van der Waals surface area contributed by atoms with Crippen molar-refractivity contribution in [1.82, 2.24) is 10.3 Å². The first kappa shape index (κ1) is 16.8. The molecule has 122 valence electrons. The van der Waals surface area contributed by atoms with Crippen LogP contribution in [0.2, 0.25) is 0 Å². The van der Waals surface area contributed by atoms with Crippen molar-refractivity contribution in [2.24, 2.45) is 16.6 Å². The third-order valence-corrected chi connectivity index (χ3v) is 4.58. The number of nitrogens with one attached hydrogen (secondary N) is 1. The van der Waals surface area contributed by atoms with Crippen molar-refractivity contribution in [3.8, 4) is 0 Å². The first-order chi connectivity index (χ1) is 10.7. The summed E-state index contributed by atoms with van der Waals surface area (Å²) in [5, 5.41) is 3.42. The fraction of sp³-hybridized carbons (Fsp3) is 0.667. The summed E-state index contributed by atoms with van der Waals surface area (Å²) in [4.78, 5) is 8.83. The Kier molecular flexibility index (Phi) is 6.69. The number of rotatable bonds is 5. The van der Waals surface area contributed by atoms with Gasteiger partial charge in [-0.15, -0.1) is 0 Å². The maximum atomic E-state index is 6.11. The van der Waals surface area contributed by atoms with E-state index in [2.05, 4.69) is 35.2 Å². The molecule has 0 saturated heterocycles. The molecule has 1 heterocycles. The van der Waals surface area contributed by atoms with Crippen LogP contribution in [-0.4, -0.2) is 23.5 Å². The van der Waals surface area contributed by atoms with Crippen LogP contribution in [0.15, 0.2) is 29.5 Å². The lowest BCUT2D eigenvalue weighted by atomic mass is 9.89. The van der Waals surface area contributed by atoms with Crippen molar-refractivity contribution in [3.63, 3.8) is 0 Å². The summed E-state index contributed by atoms with van der Waals surface area (Å²) in [6, 6.07) is 4.62. The molecule has 4 nitrogen and oxygen atoms in total. The molecule has 0 radical (unpaired) electrons. The van der Waals surface area contributed by atoms with Crippen LogP contribution in [0.5, 0.6) is 0 Å². The van der Waals surface area contributed by atoms with Crippen LogP contribution in [-0.2, 0) is 0 Å². The summed E-state index contributed by atoms with van der Waals surface area (Å²) >= 11 is 0. The zero-order chi connectivity index (χ0) is 15.8. The summed E-state index contributed by atoms with van der Waals surface area (Å²) in [6.07, 6.45) is 11.5. The van der Waals surface area contributed by atoms with Crippen LogP contribution < -0.4 is 11.1 Å². The average Bonchev–Trinajstić information content (AvgIpc) is 2.77. The number of aliphatic imine (C=N–C) groups is 1. The van der Waals surface area contributed by atoms with Crippen molar-refractivity contribution in [2.75, 3.05) is 6.54 Å². The lowest BCUT2D eigenvalue weighted by Gasteiger charge is -2.20. The van der Waals surface area contributed by atoms with Gasteiger partial charge in [0.2, 0.25) is 0 Å². The van der Waals surface area contributed by atoms with Gasteiger partial charge >= 0.3 is 0 Å². The number of hydrogen-bond donors (Lipinski definition) is 2. The summed E-state index contributed by atoms with van der Waals surface area (Å²) in [5.74, 6) is 1.48. The minimum atomic E-state index is 0.364. The summed E-state index contributed by atoms with van der Waals surface area (Å²) in [6.45, 7) is 5.17. The van der Waals surface area contributed by atoms with E-state index in [-0.39, 0.29) is 0 Å². The maximum Gasteiger partial charge on any atom is 0.188 e. The van der Waals surface area contributed by atoms with Crippen LogP contribution in [0.25, 0.3) is 0 Å². The van der Waals surface area contributed by atoms with E-state index >= 15 is 0 Å². The zero-order valence-electron chi connectivity index (χ0n) is 14.0. The molecule has 2 rings (SSSR count). The van der Waals surface area contributed by atoms with Gasteiger partial charge in [-0.3, -0.25) is 9.98 Å². The van der Waals surface area contributed by atoms with Crippen LogP contribution in [0.1, 0.15) is 63.9 Å². The quantitative estimate of drug-likeness (QED) is 0.497. The number of nitrogens with two attached hydrogens (primary N) is 1. The predicted octanol–water partition coefficient (Wildman–Crippen LogP) is 3.45. The molecule has 1 saturated carbocycles. The van der Waals surface area contributed by atoms with Crippen LogP contribution in [0, 0.1) is 5.92 Å². The first-order valence-corrected chi connectivity index (χ1v) is 8.63. The molecule has 0 bridgehead atoms.